The lowest BCUT2D eigenvalue weighted by Crippen LogP contribution is -2.33. The van der Waals surface area contributed by atoms with Crippen LogP contribution in [0.1, 0.15) is 42.6 Å². The van der Waals surface area contributed by atoms with Crippen molar-refractivity contribution in [1.29, 1.82) is 0 Å². The first-order valence-electron chi connectivity index (χ1n) is 11.0. The van der Waals surface area contributed by atoms with Gasteiger partial charge in [0, 0.05) is 30.0 Å². The molecule has 0 spiro atoms. The maximum Gasteiger partial charge on any atom is 0.260 e. The second kappa shape index (κ2) is 8.09. The standard InChI is InChI=1S/C25H24FN5O3/c1-25(2)18-12-16(8-11-20(18)31(3)23(25)33)29-24-27-13-19(26)22(30-24)34-17-9-4-14(5-10-17)21(32)28-15-6-7-15/h4-5,8-13,15H,6-7H2,1-3H3,(H,28,32)(H,27,29,30). The van der Waals surface area contributed by atoms with Gasteiger partial charge in [0.05, 0.1) is 11.6 Å². The summed E-state index contributed by atoms with van der Waals surface area (Å²) < 4.78 is 19.9. The number of rotatable bonds is 6. The zero-order valence-corrected chi connectivity index (χ0v) is 19.1. The van der Waals surface area contributed by atoms with Crippen molar-refractivity contribution < 1.29 is 18.7 Å². The number of hydrogen-bond acceptors (Lipinski definition) is 6. The lowest BCUT2D eigenvalue weighted by atomic mass is 9.86. The molecule has 0 radical (unpaired) electrons. The maximum absolute atomic E-state index is 14.3. The molecule has 2 amide bonds. The largest absolute Gasteiger partial charge is 0.436 e. The Balaban J connectivity index is 1.32. The molecule has 5 rings (SSSR count). The zero-order chi connectivity index (χ0) is 24.0. The summed E-state index contributed by atoms with van der Waals surface area (Å²) in [5.41, 5.74) is 2.25. The van der Waals surface area contributed by atoms with Crippen LogP contribution in [0.4, 0.5) is 21.7 Å². The van der Waals surface area contributed by atoms with Crippen LogP contribution in [0.5, 0.6) is 11.6 Å². The molecular weight excluding hydrogens is 437 g/mol. The Kier molecular flexibility index (Phi) is 5.19. The molecule has 1 aliphatic heterocycles. The number of fused-ring (bicyclic) bond motifs is 1. The van der Waals surface area contributed by atoms with Crippen LogP contribution in [0.2, 0.25) is 0 Å². The highest BCUT2D eigenvalue weighted by Gasteiger charge is 2.42. The van der Waals surface area contributed by atoms with Crippen molar-refractivity contribution >= 4 is 29.1 Å². The number of anilines is 3. The quantitative estimate of drug-likeness (QED) is 0.568. The van der Waals surface area contributed by atoms with E-state index >= 15 is 0 Å². The molecule has 1 saturated carbocycles. The average molecular weight is 461 g/mol. The molecule has 0 unspecified atom stereocenters. The van der Waals surface area contributed by atoms with E-state index in [2.05, 4.69) is 20.6 Å². The first-order valence-corrected chi connectivity index (χ1v) is 11.0. The smallest absolute Gasteiger partial charge is 0.260 e. The molecule has 2 heterocycles. The van der Waals surface area contributed by atoms with Crippen LogP contribution in [-0.4, -0.2) is 34.9 Å². The average Bonchev–Trinajstić information content (AvgIpc) is 3.62. The molecule has 2 aliphatic rings. The van der Waals surface area contributed by atoms with E-state index in [0.717, 1.165) is 30.3 Å². The number of likely N-dealkylation sites (N-methyl/N-ethyl adjacent to an activating group) is 1. The molecule has 2 N–H and O–H groups in total. The van der Waals surface area contributed by atoms with Crippen molar-refractivity contribution in [1.82, 2.24) is 15.3 Å². The van der Waals surface area contributed by atoms with E-state index in [0.29, 0.717) is 17.0 Å². The second-order valence-electron chi connectivity index (χ2n) is 9.07. The first-order chi connectivity index (χ1) is 16.2. The SMILES string of the molecule is CN1C(=O)C(C)(C)c2cc(Nc3ncc(F)c(Oc4ccc(C(=O)NC5CC5)cc4)n3)ccc21. The number of nitrogens with zero attached hydrogens (tertiary/aromatic N) is 3. The minimum absolute atomic E-state index is 0.0180. The summed E-state index contributed by atoms with van der Waals surface area (Å²) in [5.74, 6) is -0.601. The molecular formula is C25H24FN5O3. The van der Waals surface area contributed by atoms with Crippen LogP contribution >= 0.6 is 0 Å². The molecule has 8 nitrogen and oxygen atoms in total. The first kappa shape index (κ1) is 21.8. The number of halogens is 1. The Labute approximate surface area is 196 Å². The third kappa shape index (κ3) is 4.05. The molecule has 3 aromatic rings. The van der Waals surface area contributed by atoms with E-state index in [1.165, 1.54) is 0 Å². The highest BCUT2D eigenvalue weighted by atomic mass is 19.1. The van der Waals surface area contributed by atoms with Gasteiger partial charge >= 0.3 is 0 Å². The van der Waals surface area contributed by atoms with Gasteiger partial charge in [0.1, 0.15) is 5.75 Å². The number of amides is 2. The van der Waals surface area contributed by atoms with E-state index in [1.807, 2.05) is 32.0 Å². The number of ether oxygens (including phenoxy) is 1. The van der Waals surface area contributed by atoms with Gasteiger partial charge in [-0.1, -0.05) is 0 Å². The van der Waals surface area contributed by atoms with E-state index in [-0.39, 0.29) is 29.7 Å². The van der Waals surface area contributed by atoms with E-state index < -0.39 is 11.2 Å². The van der Waals surface area contributed by atoms with Crippen molar-refractivity contribution in [2.45, 2.75) is 38.1 Å². The molecule has 1 aliphatic carbocycles. The number of aromatic nitrogens is 2. The molecule has 0 saturated heterocycles. The molecule has 9 heteroatoms. The van der Waals surface area contributed by atoms with Gasteiger partial charge < -0.3 is 20.3 Å². The number of carbonyl (C=O) groups is 2. The van der Waals surface area contributed by atoms with E-state index in [4.69, 9.17) is 4.74 Å². The van der Waals surface area contributed by atoms with Crippen molar-refractivity contribution in [3.8, 4) is 11.6 Å². The fourth-order valence-corrected chi connectivity index (χ4v) is 3.95. The fraction of sp³-hybridized carbons (Fsp3) is 0.280. The Morgan fingerprint density at radius 2 is 1.91 bits per heavy atom. The topological polar surface area (TPSA) is 96.5 Å². The third-order valence-corrected chi connectivity index (χ3v) is 6.08. The minimum atomic E-state index is -0.719. The molecule has 1 aromatic heterocycles. The third-order valence-electron chi connectivity index (χ3n) is 6.08. The fourth-order valence-electron chi connectivity index (χ4n) is 3.95. The Hall–Kier alpha value is -4.01. The van der Waals surface area contributed by atoms with Gasteiger partial charge in [-0.25, -0.2) is 4.98 Å². The normalized spacial score (nSPS) is 16.2. The number of carbonyl (C=O) groups excluding carboxylic acids is 2. The molecule has 1 fully saturated rings. The van der Waals surface area contributed by atoms with E-state index in [1.54, 1.807) is 36.2 Å². The van der Waals surface area contributed by atoms with Gasteiger partial charge in [-0.05, 0) is 74.7 Å². The summed E-state index contributed by atoms with van der Waals surface area (Å²) in [7, 11) is 1.75. The minimum Gasteiger partial charge on any atom is -0.436 e. The van der Waals surface area contributed by atoms with Gasteiger partial charge in [0.15, 0.2) is 0 Å². The monoisotopic (exact) mass is 461 g/mol. The molecule has 0 bridgehead atoms. The van der Waals surface area contributed by atoms with Gasteiger partial charge in [0.2, 0.25) is 17.7 Å². The predicted molar refractivity (Wildman–Crippen MR) is 125 cm³/mol. The van der Waals surface area contributed by atoms with Crippen molar-refractivity contribution in [3.63, 3.8) is 0 Å². The summed E-state index contributed by atoms with van der Waals surface area (Å²) in [5, 5.41) is 5.97. The van der Waals surface area contributed by atoms with Gasteiger partial charge in [0.25, 0.3) is 11.8 Å². The highest BCUT2D eigenvalue weighted by molar-refractivity contribution is 6.07. The predicted octanol–water partition coefficient (Wildman–Crippen LogP) is 4.30. The van der Waals surface area contributed by atoms with Gasteiger partial charge in [-0.3, -0.25) is 9.59 Å². The van der Waals surface area contributed by atoms with Crippen LogP contribution in [0.25, 0.3) is 0 Å². The van der Waals surface area contributed by atoms with Crippen molar-refractivity contribution in [2.24, 2.45) is 0 Å². The summed E-state index contributed by atoms with van der Waals surface area (Å²) >= 11 is 0. The van der Waals surface area contributed by atoms with Crippen molar-refractivity contribution in [2.75, 3.05) is 17.3 Å². The summed E-state index contributed by atoms with van der Waals surface area (Å²) in [6.45, 7) is 3.76. The number of hydrogen-bond donors (Lipinski definition) is 2. The Bertz CT molecular complexity index is 1290. The van der Waals surface area contributed by atoms with Gasteiger partial charge in [-0.15, -0.1) is 0 Å². The molecule has 34 heavy (non-hydrogen) atoms. The number of nitrogens with one attached hydrogen (secondary N) is 2. The van der Waals surface area contributed by atoms with Crippen LogP contribution in [0.3, 0.4) is 0 Å². The zero-order valence-electron chi connectivity index (χ0n) is 19.1. The van der Waals surface area contributed by atoms with Crippen molar-refractivity contribution in [3.05, 3.63) is 65.6 Å². The molecule has 0 atom stereocenters. The van der Waals surface area contributed by atoms with Crippen LogP contribution in [0, 0.1) is 5.82 Å². The van der Waals surface area contributed by atoms with Gasteiger partial charge in [-0.2, -0.15) is 9.37 Å². The summed E-state index contributed by atoms with van der Waals surface area (Å²) in [6.07, 6.45) is 3.04. The highest BCUT2D eigenvalue weighted by Crippen LogP contribution is 2.42. The molecule has 174 valence electrons. The maximum atomic E-state index is 14.3. The Morgan fingerprint density at radius 1 is 1.18 bits per heavy atom. The molecule has 2 aromatic carbocycles. The van der Waals surface area contributed by atoms with Crippen LogP contribution in [0.15, 0.2) is 48.7 Å². The summed E-state index contributed by atoms with van der Waals surface area (Å²) in [6, 6.07) is 12.2. The lowest BCUT2D eigenvalue weighted by molar-refractivity contribution is -0.121. The Morgan fingerprint density at radius 3 is 2.62 bits per heavy atom. The van der Waals surface area contributed by atoms with E-state index in [9.17, 15) is 14.0 Å². The lowest BCUT2D eigenvalue weighted by Gasteiger charge is -2.17. The number of benzene rings is 2. The van der Waals surface area contributed by atoms with Crippen LogP contribution in [-0.2, 0) is 10.2 Å². The summed E-state index contributed by atoms with van der Waals surface area (Å²) in [4.78, 5) is 34.4. The van der Waals surface area contributed by atoms with Crippen LogP contribution < -0.4 is 20.3 Å². The second-order valence-corrected chi connectivity index (χ2v) is 9.07.